The fraction of sp³-hybridized carbons (Fsp3) is 0.0714. The molecule has 2 rings (SSSR count). The van der Waals surface area contributed by atoms with Crippen LogP contribution >= 0.6 is 0 Å². The Balaban J connectivity index is 2.19. The number of rotatable bonds is 2. The van der Waals surface area contributed by atoms with Crippen LogP contribution in [0.3, 0.4) is 0 Å². The molecule has 3 N–H and O–H groups in total. The van der Waals surface area contributed by atoms with Gasteiger partial charge in [0, 0.05) is 16.9 Å². The van der Waals surface area contributed by atoms with Crippen LogP contribution in [0.2, 0.25) is 0 Å². The van der Waals surface area contributed by atoms with Crippen molar-refractivity contribution in [1.82, 2.24) is 0 Å². The lowest BCUT2D eigenvalue weighted by atomic mass is 10.1. The van der Waals surface area contributed by atoms with Crippen molar-refractivity contribution in [3.05, 3.63) is 59.4 Å². The molecule has 0 unspecified atom stereocenters. The first-order chi connectivity index (χ1) is 8.54. The maximum absolute atomic E-state index is 13.1. The molecule has 0 atom stereocenters. The van der Waals surface area contributed by atoms with Crippen molar-refractivity contribution in [3.63, 3.8) is 0 Å². The Hall–Kier alpha value is -2.36. The number of anilines is 2. The lowest BCUT2D eigenvalue weighted by Crippen LogP contribution is -2.12. The van der Waals surface area contributed by atoms with E-state index in [0.717, 1.165) is 11.6 Å². The summed E-state index contributed by atoms with van der Waals surface area (Å²) in [6, 6.07) is 11.1. The van der Waals surface area contributed by atoms with Crippen molar-refractivity contribution >= 4 is 17.3 Å². The van der Waals surface area contributed by atoms with Crippen molar-refractivity contribution in [3.8, 4) is 0 Å². The summed E-state index contributed by atoms with van der Waals surface area (Å²) in [4.78, 5) is 11.9. The number of hydrogen-bond donors (Lipinski definition) is 2. The molecule has 0 aliphatic rings. The molecule has 0 aliphatic carbocycles. The van der Waals surface area contributed by atoms with Crippen LogP contribution in [0.5, 0.6) is 0 Å². The summed E-state index contributed by atoms with van der Waals surface area (Å²) in [5.41, 5.74) is 7.68. The van der Waals surface area contributed by atoms with Crippen molar-refractivity contribution in [2.24, 2.45) is 0 Å². The zero-order valence-electron chi connectivity index (χ0n) is 9.91. The summed E-state index contributed by atoms with van der Waals surface area (Å²) in [5.74, 6) is -0.908. The lowest BCUT2D eigenvalue weighted by Gasteiger charge is -2.06. The van der Waals surface area contributed by atoms with Gasteiger partial charge in [0.05, 0.1) is 0 Å². The van der Waals surface area contributed by atoms with Crippen molar-refractivity contribution in [2.45, 2.75) is 6.92 Å². The van der Waals surface area contributed by atoms with Gasteiger partial charge in [0.25, 0.3) is 5.91 Å². The topological polar surface area (TPSA) is 55.1 Å². The summed E-state index contributed by atoms with van der Waals surface area (Å²) < 4.78 is 13.1. The summed E-state index contributed by atoms with van der Waals surface area (Å²) in [6.07, 6.45) is 0. The van der Waals surface area contributed by atoms with Crippen molar-refractivity contribution in [2.75, 3.05) is 11.1 Å². The predicted octanol–water partition coefficient (Wildman–Crippen LogP) is 2.97. The van der Waals surface area contributed by atoms with E-state index in [1.165, 1.54) is 12.1 Å². The summed E-state index contributed by atoms with van der Waals surface area (Å²) in [7, 11) is 0. The number of carbonyl (C=O) groups is 1. The number of amides is 1. The van der Waals surface area contributed by atoms with Crippen LogP contribution in [0.4, 0.5) is 15.8 Å². The summed E-state index contributed by atoms with van der Waals surface area (Å²) >= 11 is 0. The first kappa shape index (κ1) is 12.1. The second-order valence-electron chi connectivity index (χ2n) is 4.09. The van der Waals surface area contributed by atoms with Crippen LogP contribution in [-0.4, -0.2) is 5.91 Å². The van der Waals surface area contributed by atoms with Gasteiger partial charge in [-0.1, -0.05) is 17.7 Å². The van der Waals surface area contributed by atoms with Gasteiger partial charge in [-0.05, 0) is 37.3 Å². The fourth-order valence-corrected chi connectivity index (χ4v) is 1.58. The van der Waals surface area contributed by atoms with Gasteiger partial charge < -0.3 is 11.1 Å². The molecule has 0 heterocycles. The number of aryl methyl sites for hydroxylation is 1. The molecular formula is C14H13FN2O. The van der Waals surface area contributed by atoms with Crippen LogP contribution in [0.1, 0.15) is 15.9 Å². The van der Waals surface area contributed by atoms with Gasteiger partial charge in [-0.3, -0.25) is 4.79 Å². The summed E-state index contributed by atoms with van der Waals surface area (Å²) in [5, 5.41) is 2.68. The highest BCUT2D eigenvalue weighted by atomic mass is 19.1. The van der Waals surface area contributed by atoms with Crippen LogP contribution in [-0.2, 0) is 0 Å². The molecule has 2 aromatic rings. The molecule has 0 saturated heterocycles. The third-order valence-corrected chi connectivity index (χ3v) is 2.49. The zero-order chi connectivity index (χ0) is 13.1. The molecule has 0 saturated carbocycles. The number of carbonyl (C=O) groups excluding carboxylic acids is 1. The molecular weight excluding hydrogens is 231 g/mol. The van der Waals surface area contributed by atoms with Gasteiger partial charge in [-0.25, -0.2) is 4.39 Å². The lowest BCUT2D eigenvalue weighted by molar-refractivity contribution is 0.102. The van der Waals surface area contributed by atoms with E-state index in [9.17, 15) is 9.18 Å². The second-order valence-corrected chi connectivity index (χ2v) is 4.09. The van der Waals surface area contributed by atoms with Crippen LogP contribution < -0.4 is 11.1 Å². The van der Waals surface area contributed by atoms with Gasteiger partial charge in [0.15, 0.2) is 0 Å². The first-order valence-electron chi connectivity index (χ1n) is 5.49. The Morgan fingerprint density at radius 1 is 1.17 bits per heavy atom. The van der Waals surface area contributed by atoms with E-state index in [1.807, 2.05) is 19.1 Å². The number of halogens is 1. The van der Waals surface area contributed by atoms with Gasteiger partial charge in [0.2, 0.25) is 0 Å². The fourth-order valence-electron chi connectivity index (χ4n) is 1.58. The van der Waals surface area contributed by atoms with E-state index in [1.54, 1.807) is 12.1 Å². The van der Waals surface area contributed by atoms with Gasteiger partial charge >= 0.3 is 0 Å². The van der Waals surface area contributed by atoms with E-state index >= 15 is 0 Å². The average Bonchev–Trinajstić information content (AvgIpc) is 2.31. The molecule has 0 radical (unpaired) electrons. The standard InChI is InChI=1S/C14H13FN2O/c1-9-2-4-13(5-3-9)17-14(18)10-6-11(15)8-12(16)7-10/h2-8H,16H2,1H3,(H,17,18). The Labute approximate surface area is 104 Å². The number of hydrogen-bond acceptors (Lipinski definition) is 2. The Bertz CT molecular complexity index is 559. The molecule has 0 bridgehead atoms. The smallest absolute Gasteiger partial charge is 0.255 e. The van der Waals surface area contributed by atoms with E-state index in [-0.39, 0.29) is 17.2 Å². The zero-order valence-corrected chi connectivity index (χ0v) is 9.91. The monoisotopic (exact) mass is 244 g/mol. The molecule has 0 aliphatic heterocycles. The molecule has 0 spiro atoms. The highest BCUT2D eigenvalue weighted by molar-refractivity contribution is 6.04. The molecule has 18 heavy (non-hydrogen) atoms. The summed E-state index contributed by atoms with van der Waals surface area (Å²) in [6.45, 7) is 1.96. The molecule has 0 fully saturated rings. The number of nitrogens with one attached hydrogen (secondary N) is 1. The number of nitrogen functional groups attached to an aromatic ring is 1. The largest absolute Gasteiger partial charge is 0.399 e. The van der Waals surface area contributed by atoms with E-state index in [4.69, 9.17) is 5.73 Å². The van der Waals surface area contributed by atoms with Crippen molar-refractivity contribution in [1.29, 1.82) is 0 Å². The predicted molar refractivity (Wildman–Crippen MR) is 69.9 cm³/mol. The minimum absolute atomic E-state index is 0.202. The van der Waals surface area contributed by atoms with Gasteiger partial charge in [-0.15, -0.1) is 0 Å². The normalized spacial score (nSPS) is 10.1. The Morgan fingerprint density at radius 3 is 2.44 bits per heavy atom. The highest BCUT2D eigenvalue weighted by Crippen LogP contribution is 2.14. The quantitative estimate of drug-likeness (QED) is 0.798. The van der Waals surface area contributed by atoms with E-state index in [2.05, 4.69) is 5.32 Å². The molecule has 4 heteroatoms. The molecule has 3 nitrogen and oxygen atoms in total. The van der Waals surface area contributed by atoms with E-state index < -0.39 is 5.82 Å². The average molecular weight is 244 g/mol. The van der Waals surface area contributed by atoms with Crippen LogP contribution in [0.25, 0.3) is 0 Å². The van der Waals surface area contributed by atoms with Gasteiger partial charge in [0.1, 0.15) is 5.82 Å². The van der Waals surface area contributed by atoms with Crippen molar-refractivity contribution < 1.29 is 9.18 Å². The van der Waals surface area contributed by atoms with Gasteiger partial charge in [-0.2, -0.15) is 0 Å². The maximum Gasteiger partial charge on any atom is 0.255 e. The molecule has 92 valence electrons. The second kappa shape index (κ2) is 4.87. The van der Waals surface area contributed by atoms with Crippen LogP contribution in [0.15, 0.2) is 42.5 Å². The SMILES string of the molecule is Cc1ccc(NC(=O)c2cc(N)cc(F)c2)cc1. The highest BCUT2D eigenvalue weighted by Gasteiger charge is 2.08. The number of nitrogens with two attached hydrogens (primary N) is 1. The Kier molecular flexibility index (Phi) is 3.28. The molecule has 1 amide bonds. The Morgan fingerprint density at radius 2 is 1.83 bits per heavy atom. The maximum atomic E-state index is 13.1. The number of benzene rings is 2. The third-order valence-electron chi connectivity index (χ3n) is 2.49. The van der Waals surface area contributed by atoms with Crippen LogP contribution in [0, 0.1) is 12.7 Å². The minimum atomic E-state index is -0.524. The third kappa shape index (κ3) is 2.85. The molecule has 2 aromatic carbocycles. The minimum Gasteiger partial charge on any atom is -0.399 e. The first-order valence-corrected chi connectivity index (χ1v) is 5.49. The van der Waals surface area contributed by atoms with E-state index in [0.29, 0.717) is 5.69 Å². The molecule has 0 aromatic heterocycles.